The second-order valence-corrected chi connectivity index (χ2v) is 5.19. The first-order chi connectivity index (χ1) is 13.0. The van der Waals surface area contributed by atoms with Crippen molar-refractivity contribution in [3.8, 4) is 0 Å². The molecular weight excluding hydrogens is 312 g/mol. The SMILES string of the molecule is [C]1=C/C=C\C=C/C=C\C=C/C=C\C=C/C=C\C=C/C=C\C=C/C=C\CC\1. The fourth-order valence-electron chi connectivity index (χ4n) is 1.77. The summed E-state index contributed by atoms with van der Waals surface area (Å²) in [5.74, 6) is 0. The Balaban J connectivity index is 2.61. The molecule has 0 fully saturated rings. The summed E-state index contributed by atoms with van der Waals surface area (Å²) in [5, 5.41) is 0. The highest BCUT2D eigenvalue weighted by Crippen LogP contribution is 1.94. The average Bonchev–Trinajstić information content (AvgIpc) is 2.65. The second-order valence-electron chi connectivity index (χ2n) is 5.19. The summed E-state index contributed by atoms with van der Waals surface area (Å²) in [6.45, 7) is 0. The van der Waals surface area contributed by atoms with E-state index in [4.69, 9.17) is 0 Å². The van der Waals surface area contributed by atoms with Gasteiger partial charge in [-0.15, -0.1) is 0 Å². The Morgan fingerprint density at radius 2 is 0.654 bits per heavy atom. The third-order valence-corrected chi connectivity index (χ3v) is 3.03. The Labute approximate surface area is 159 Å². The summed E-state index contributed by atoms with van der Waals surface area (Å²) in [6, 6.07) is 0. The second kappa shape index (κ2) is 18.2. The number of hydrogen-bond donors (Lipinski definition) is 0. The molecule has 0 amide bonds. The van der Waals surface area contributed by atoms with E-state index in [2.05, 4.69) is 18.2 Å². The zero-order chi connectivity index (χ0) is 18.4. The fraction of sp³-hybridized carbons (Fsp3) is 0.0769. The van der Waals surface area contributed by atoms with Gasteiger partial charge in [-0.05, 0) is 18.9 Å². The first kappa shape index (κ1) is 20.9. The lowest BCUT2D eigenvalue weighted by molar-refractivity contribution is 1.03. The molecule has 0 saturated carbocycles. The molecule has 0 spiro atoms. The normalized spacial score (nSPS) is 31.4. The molecule has 0 aromatic carbocycles. The summed E-state index contributed by atoms with van der Waals surface area (Å²) in [6.07, 6.45) is 51.5. The molecule has 0 unspecified atom stereocenters. The lowest BCUT2D eigenvalue weighted by Gasteiger charge is -1.83. The van der Waals surface area contributed by atoms with E-state index >= 15 is 0 Å². The largest absolute Gasteiger partial charge is 0.0842 e. The molecule has 1 aliphatic rings. The van der Waals surface area contributed by atoms with Crippen LogP contribution in [0.3, 0.4) is 0 Å². The minimum atomic E-state index is 0.927. The highest BCUT2D eigenvalue weighted by atomic mass is 13.8. The smallest absolute Gasteiger partial charge is 0.0241 e. The Kier molecular flexibility index (Phi) is 14.7. The van der Waals surface area contributed by atoms with Crippen molar-refractivity contribution in [1.29, 1.82) is 0 Å². The lowest BCUT2D eigenvalue weighted by atomic mass is 10.2. The van der Waals surface area contributed by atoms with Crippen LogP contribution in [0.4, 0.5) is 0 Å². The van der Waals surface area contributed by atoms with Gasteiger partial charge in [-0.3, -0.25) is 0 Å². The van der Waals surface area contributed by atoms with E-state index in [0.717, 1.165) is 12.8 Å². The van der Waals surface area contributed by atoms with E-state index in [1.807, 2.05) is 128 Å². The summed E-state index contributed by atoms with van der Waals surface area (Å²) in [5.41, 5.74) is 0. The van der Waals surface area contributed by atoms with Crippen LogP contribution >= 0.6 is 0 Å². The summed E-state index contributed by atoms with van der Waals surface area (Å²) >= 11 is 0. The molecule has 0 aliphatic heterocycles. The van der Waals surface area contributed by atoms with Gasteiger partial charge in [-0.1, -0.05) is 140 Å². The van der Waals surface area contributed by atoms with Gasteiger partial charge in [0.2, 0.25) is 0 Å². The van der Waals surface area contributed by atoms with Crippen LogP contribution in [0, 0.1) is 6.08 Å². The minimum Gasteiger partial charge on any atom is -0.0842 e. The van der Waals surface area contributed by atoms with Crippen LogP contribution in [0.5, 0.6) is 0 Å². The standard InChI is InChI=1S/C26H27/c1-2-4-6-8-10-12-14-16-18-20-22-24-26-25-23-21-19-17-15-13-11-9-7-5-3-1/h1-23H,24,26H2/b2-1-,5-3-,6-4-,9-7-,10-8-,13-11-,14-12-,17-15-,18-16-,21-19-,22-20-,25-23?. The molecule has 131 valence electrons. The van der Waals surface area contributed by atoms with Crippen LogP contribution in [0.15, 0.2) is 140 Å². The van der Waals surface area contributed by atoms with Crippen molar-refractivity contribution in [3.05, 3.63) is 146 Å². The van der Waals surface area contributed by atoms with Gasteiger partial charge < -0.3 is 0 Å². The minimum absolute atomic E-state index is 0.927. The van der Waals surface area contributed by atoms with Crippen LogP contribution in [-0.2, 0) is 0 Å². The van der Waals surface area contributed by atoms with E-state index in [9.17, 15) is 0 Å². The van der Waals surface area contributed by atoms with Crippen LogP contribution < -0.4 is 0 Å². The van der Waals surface area contributed by atoms with E-state index < -0.39 is 0 Å². The highest BCUT2D eigenvalue weighted by Gasteiger charge is 1.74. The Morgan fingerprint density at radius 3 is 1.04 bits per heavy atom. The number of rotatable bonds is 0. The van der Waals surface area contributed by atoms with Crippen molar-refractivity contribution >= 4 is 0 Å². The molecule has 0 saturated heterocycles. The van der Waals surface area contributed by atoms with Crippen molar-refractivity contribution in [1.82, 2.24) is 0 Å². The van der Waals surface area contributed by atoms with Crippen LogP contribution in [-0.4, -0.2) is 0 Å². The molecule has 1 rings (SSSR count). The molecule has 0 bridgehead atoms. The maximum atomic E-state index is 3.25. The monoisotopic (exact) mass is 339 g/mol. The first-order valence-corrected chi connectivity index (χ1v) is 8.88. The molecule has 0 N–H and O–H groups in total. The molecule has 0 heterocycles. The molecule has 0 nitrogen and oxygen atoms in total. The van der Waals surface area contributed by atoms with Crippen molar-refractivity contribution in [2.24, 2.45) is 0 Å². The zero-order valence-corrected chi connectivity index (χ0v) is 15.2. The van der Waals surface area contributed by atoms with Crippen molar-refractivity contribution in [3.63, 3.8) is 0 Å². The highest BCUT2D eigenvalue weighted by molar-refractivity contribution is 5.23. The predicted octanol–water partition coefficient (Wildman–Crippen LogP) is 7.26. The quantitative estimate of drug-likeness (QED) is 0.436. The number of hydrogen-bond acceptors (Lipinski definition) is 0. The van der Waals surface area contributed by atoms with Gasteiger partial charge >= 0.3 is 0 Å². The average molecular weight is 340 g/mol. The molecule has 0 aromatic rings. The van der Waals surface area contributed by atoms with Crippen molar-refractivity contribution in [2.45, 2.75) is 12.8 Å². The van der Waals surface area contributed by atoms with Gasteiger partial charge in [-0.25, -0.2) is 0 Å². The van der Waals surface area contributed by atoms with Gasteiger partial charge in [0.15, 0.2) is 0 Å². The molecular formula is C26H27. The van der Waals surface area contributed by atoms with E-state index in [-0.39, 0.29) is 0 Å². The van der Waals surface area contributed by atoms with Crippen LogP contribution in [0.2, 0.25) is 0 Å². The van der Waals surface area contributed by atoms with Crippen LogP contribution in [0.25, 0.3) is 0 Å². The summed E-state index contributed by atoms with van der Waals surface area (Å²) in [4.78, 5) is 0. The van der Waals surface area contributed by atoms with E-state index in [1.165, 1.54) is 0 Å². The Morgan fingerprint density at radius 1 is 0.346 bits per heavy atom. The van der Waals surface area contributed by atoms with Gasteiger partial charge in [0, 0.05) is 0 Å². The lowest BCUT2D eigenvalue weighted by Crippen LogP contribution is -1.64. The van der Waals surface area contributed by atoms with E-state index in [0.29, 0.717) is 0 Å². The molecule has 0 aromatic heterocycles. The van der Waals surface area contributed by atoms with Gasteiger partial charge in [0.1, 0.15) is 0 Å². The van der Waals surface area contributed by atoms with Gasteiger partial charge in [0.25, 0.3) is 0 Å². The van der Waals surface area contributed by atoms with Gasteiger partial charge in [0.05, 0.1) is 0 Å². The zero-order valence-electron chi connectivity index (χ0n) is 15.2. The predicted molar refractivity (Wildman–Crippen MR) is 118 cm³/mol. The Hall–Kier alpha value is -3.12. The molecule has 26 heavy (non-hydrogen) atoms. The Bertz CT molecular complexity index is 628. The molecule has 0 atom stereocenters. The molecule has 1 radical (unpaired) electrons. The number of allylic oxidation sites excluding steroid dienone is 24. The summed E-state index contributed by atoms with van der Waals surface area (Å²) < 4.78 is 0. The maximum absolute atomic E-state index is 3.25. The first-order valence-electron chi connectivity index (χ1n) is 8.88. The topological polar surface area (TPSA) is 0 Å². The third kappa shape index (κ3) is 15.8. The third-order valence-electron chi connectivity index (χ3n) is 3.03. The molecule has 0 heteroatoms. The van der Waals surface area contributed by atoms with E-state index in [1.54, 1.807) is 0 Å². The maximum Gasteiger partial charge on any atom is -0.0241 e. The fourth-order valence-corrected chi connectivity index (χ4v) is 1.77. The van der Waals surface area contributed by atoms with Crippen molar-refractivity contribution in [2.75, 3.05) is 0 Å². The van der Waals surface area contributed by atoms with Crippen molar-refractivity contribution < 1.29 is 0 Å². The van der Waals surface area contributed by atoms with Gasteiger partial charge in [-0.2, -0.15) is 0 Å². The summed E-state index contributed by atoms with van der Waals surface area (Å²) in [7, 11) is 0. The molecule has 1 aliphatic carbocycles. The van der Waals surface area contributed by atoms with Crippen LogP contribution in [0.1, 0.15) is 12.8 Å².